The van der Waals surface area contributed by atoms with Crippen LogP contribution < -0.4 is 15.5 Å². The van der Waals surface area contributed by atoms with Crippen LogP contribution in [-0.2, 0) is 9.53 Å². The van der Waals surface area contributed by atoms with E-state index < -0.39 is 0 Å². The fourth-order valence-corrected chi connectivity index (χ4v) is 3.94. The smallest absolute Gasteiger partial charge is 0.253 e. The summed E-state index contributed by atoms with van der Waals surface area (Å²) in [4.78, 5) is 26.6. The number of hydrogen-bond donors (Lipinski definition) is 3. The van der Waals surface area contributed by atoms with Crippen LogP contribution in [-0.4, -0.2) is 51.2 Å². The molecule has 27 heavy (non-hydrogen) atoms. The highest BCUT2D eigenvalue weighted by Gasteiger charge is 2.22. The Kier molecular flexibility index (Phi) is 7.66. The van der Waals surface area contributed by atoms with Crippen LogP contribution in [0, 0.1) is 5.92 Å². The summed E-state index contributed by atoms with van der Waals surface area (Å²) in [6, 6.07) is 7.28. The number of carbonyl (C=O) groups excluding carboxylic acids is 2. The predicted octanol–water partition coefficient (Wildman–Crippen LogP) is 1.24. The highest BCUT2D eigenvalue weighted by atomic mass is 16.5. The number of ether oxygens (including phenoxy) is 1. The van der Waals surface area contributed by atoms with Crippen molar-refractivity contribution in [2.75, 3.05) is 44.7 Å². The number of hydrogen-bond acceptors (Lipinski definition) is 3. The maximum atomic E-state index is 12.6. The Hall–Kier alpha value is -1.92. The van der Waals surface area contributed by atoms with Gasteiger partial charge in [-0.15, -0.1) is 0 Å². The number of amides is 2. The first-order chi connectivity index (χ1) is 13.2. The minimum atomic E-state index is -0.119. The van der Waals surface area contributed by atoms with E-state index in [4.69, 9.17) is 4.74 Å². The highest BCUT2D eigenvalue weighted by molar-refractivity contribution is 6.04. The summed E-state index contributed by atoms with van der Waals surface area (Å²) in [7, 11) is 0. The van der Waals surface area contributed by atoms with Crippen LogP contribution in [0.3, 0.4) is 0 Å². The lowest BCUT2D eigenvalue weighted by Crippen LogP contribution is -3.14. The molecule has 0 aromatic heterocycles. The van der Waals surface area contributed by atoms with E-state index in [0.29, 0.717) is 17.8 Å². The highest BCUT2D eigenvalue weighted by Crippen LogP contribution is 2.25. The molecule has 3 rings (SSSR count). The molecule has 148 valence electrons. The number of carbonyl (C=O) groups is 2. The molecule has 1 heterocycles. The van der Waals surface area contributed by atoms with Crippen LogP contribution >= 0.6 is 0 Å². The van der Waals surface area contributed by atoms with Gasteiger partial charge in [-0.2, -0.15) is 0 Å². The second kappa shape index (κ2) is 10.4. The summed E-state index contributed by atoms with van der Waals surface area (Å²) in [5, 5.41) is 5.98. The Morgan fingerprint density at radius 3 is 2.59 bits per heavy atom. The SMILES string of the molecule is O=C(NCCC[NH+]1CCOCC1)c1ccccc1NC(=O)C1CCCCC1. The molecular formula is C21H32N3O3+. The molecule has 0 radical (unpaired) electrons. The summed E-state index contributed by atoms with van der Waals surface area (Å²) >= 11 is 0. The van der Waals surface area contributed by atoms with E-state index in [1.165, 1.54) is 11.3 Å². The number of rotatable bonds is 7. The number of morpholine rings is 1. The number of anilines is 1. The molecule has 0 spiro atoms. The Labute approximate surface area is 161 Å². The quantitative estimate of drug-likeness (QED) is 0.629. The Balaban J connectivity index is 1.48. The molecule has 3 N–H and O–H groups in total. The van der Waals surface area contributed by atoms with Crippen LogP contribution in [0.5, 0.6) is 0 Å². The summed E-state index contributed by atoms with van der Waals surface area (Å²) in [5.74, 6) is 0.00348. The van der Waals surface area contributed by atoms with Crippen molar-refractivity contribution in [3.63, 3.8) is 0 Å². The lowest BCUT2D eigenvalue weighted by atomic mass is 9.88. The van der Waals surface area contributed by atoms with E-state index >= 15 is 0 Å². The second-order valence-electron chi connectivity index (χ2n) is 7.59. The number of quaternary nitrogens is 1. The predicted molar refractivity (Wildman–Crippen MR) is 105 cm³/mol. The molecule has 0 bridgehead atoms. The first-order valence-corrected chi connectivity index (χ1v) is 10.3. The Bertz CT molecular complexity index is 623. The number of para-hydroxylation sites is 1. The van der Waals surface area contributed by atoms with Crippen molar-refractivity contribution in [3.8, 4) is 0 Å². The number of nitrogens with one attached hydrogen (secondary N) is 3. The largest absolute Gasteiger partial charge is 0.370 e. The van der Waals surface area contributed by atoms with Gasteiger partial charge in [-0.25, -0.2) is 0 Å². The van der Waals surface area contributed by atoms with Crippen molar-refractivity contribution < 1.29 is 19.2 Å². The average molecular weight is 375 g/mol. The van der Waals surface area contributed by atoms with Crippen molar-refractivity contribution in [2.45, 2.75) is 38.5 Å². The molecule has 1 aromatic rings. The Morgan fingerprint density at radius 2 is 1.81 bits per heavy atom. The van der Waals surface area contributed by atoms with Crippen molar-refractivity contribution in [1.82, 2.24) is 5.32 Å². The Morgan fingerprint density at radius 1 is 1.07 bits per heavy atom. The van der Waals surface area contributed by atoms with Crippen LogP contribution in [0.4, 0.5) is 5.69 Å². The first-order valence-electron chi connectivity index (χ1n) is 10.3. The van der Waals surface area contributed by atoms with Gasteiger partial charge in [-0.05, 0) is 25.0 Å². The first kappa shape index (κ1) is 19.8. The van der Waals surface area contributed by atoms with Crippen molar-refractivity contribution in [1.29, 1.82) is 0 Å². The van der Waals surface area contributed by atoms with Crippen molar-refractivity contribution in [3.05, 3.63) is 29.8 Å². The van der Waals surface area contributed by atoms with Gasteiger partial charge in [0.15, 0.2) is 0 Å². The second-order valence-corrected chi connectivity index (χ2v) is 7.59. The monoisotopic (exact) mass is 374 g/mol. The molecule has 1 aliphatic heterocycles. The average Bonchev–Trinajstić information content (AvgIpc) is 2.73. The van der Waals surface area contributed by atoms with Gasteiger partial charge in [0.2, 0.25) is 5.91 Å². The maximum absolute atomic E-state index is 12.6. The normalized spacial score (nSPS) is 18.8. The maximum Gasteiger partial charge on any atom is 0.253 e. The zero-order valence-corrected chi connectivity index (χ0v) is 16.1. The molecule has 6 heteroatoms. The fourth-order valence-electron chi connectivity index (χ4n) is 3.94. The molecule has 1 aromatic carbocycles. The molecule has 0 unspecified atom stereocenters. The topological polar surface area (TPSA) is 71.9 Å². The minimum absolute atomic E-state index is 0.0471. The van der Waals surface area contributed by atoms with E-state index in [-0.39, 0.29) is 17.7 Å². The van der Waals surface area contributed by atoms with Crippen LogP contribution in [0.15, 0.2) is 24.3 Å². The third kappa shape index (κ3) is 6.04. The summed E-state index contributed by atoms with van der Waals surface area (Å²) in [5.41, 5.74) is 1.16. The zero-order chi connectivity index (χ0) is 18.9. The summed E-state index contributed by atoms with van der Waals surface area (Å²) < 4.78 is 5.37. The van der Waals surface area contributed by atoms with E-state index in [2.05, 4.69) is 10.6 Å². The van der Waals surface area contributed by atoms with Gasteiger partial charge in [0.05, 0.1) is 31.0 Å². The van der Waals surface area contributed by atoms with E-state index in [9.17, 15) is 9.59 Å². The lowest BCUT2D eigenvalue weighted by Gasteiger charge is -2.23. The molecule has 1 aliphatic carbocycles. The van der Waals surface area contributed by atoms with Crippen LogP contribution in [0.25, 0.3) is 0 Å². The third-order valence-corrected chi connectivity index (χ3v) is 5.60. The van der Waals surface area contributed by atoms with Crippen LogP contribution in [0.1, 0.15) is 48.9 Å². The fraction of sp³-hybridized carbons (Fsp3) is 0.619. The zero-order valence-electron chi connectivity index (χ0n) is 16.1. The summed E-state index contributed by atoms with van der Waals surface area (Å²) in [6.07, 6.45) is 6.29. The summed E-state index contributed by atoms with van der Waals surface area (Å²) in [6.45, 7) is 5.44. The molecule has 6 nitrogen and oxygen atoms in total. The molecule has 2 amide bonds. The molecule has 1 saturated heterocycles. The van der Waals surface area contributed by atoms with Crippen molar-refractivity contribution >= 4 is 17.5 Å². The van der Waals surface area contributed by atoms with Gasteiger partial charge in [0, 0.05) is 18.9 Å². The van der Waals surface area contributed by atoms with Gasteiger partial charge < -0.3 is 20.3 Å². The lowest BCUT2D eigenvalue weighted by molar-refractivity contribution is -0.908. The van der Waals surface area contributed by atoms with E-state index in [0.717, 1.165) is 65.0 Å². The van der Waals surface area contributed by atoms with Crippen LogP contribution in [0.2, 0.25) is 0 Å². The van der Waals surface area contributed by atoms with Gasteiger partial charge in [-0.1, -0.05) is 31.4 Å². The molecule has 2 fully saturated rings. The van der Waals surface area contributed by atoms with Crippen molar-refractivity contribution in [2.24, 2.45) is 5.92 Å². The van der Waals surface area contributed by atoms with E-state index in [1.807, 2.05) is 18.2 Å². The molecular weight excluding hydrogens is 342 g/mol. The van der Waals surface area contributed by atoms with E-state index in [1.54, 1.807) is 6.07 Å². The standard InChI is InChI=1S/C21H31N3O3/c25-20(17-7-2-1-3-8-17)23-19-10-5-4-9-18(19)21(26)22-11-6-12-24-13-15-27-16-14-24/h4-5,9-10,17H,1-3,6-8,11-16H2,(H,22,26)(H,23,25)/p+1. The molecule has 1 saturated carbocycles. The third-order valence-electron chi connectivity index (χ3n) is 5.60. The van der Waals surface area contributed by atoms with Gasteiger partial charge in [0.25, 0.3) is 5.91 Å². The molecule has 0 atom stereocenters. The minimum Gasteiger partial charge on any atom is -0.370 e. The van der Waals surface area contributed by atoms with Gasteiger partial charge in [-0.3, -0.25) is 9.59 Å². The van der Waals surface area contributed by atoms with Gasteiger partial charge >= 0.3 is 0 Å². The molecule has 2 aliphatic rings. The van der Waals surface area contributed by atoms with Gasteiger partial charge in [0.1, 0.15) is 13.1 Å². The number of benzene rings is 1.